The summed E-state index contributed by atoms with van der Waals surface area (Å²) in [6.07, 6.45) is 2.19. The van der Waals surface area contributed by atoms with Gasteiger partial charge in [0.05, 0.1) is 0 Å². The molecule has 0 aliphatic heterocycles. The lowest BCUT2D eigenvalue weighted by atomic mass is 10.1. The largest absolute Gasteiger partial charge is 0.478 e. The van der Waals surface area contributed by atoms with Crippen molar-refractivity contribution in [2.24, 2.45) is 0 Å². The van der Waals surface area contributed by atoms with E-state index >= 15 is 0 Å². The average Bonchev–Trinajstić information content (AvgIpc) is 2.18. The van der Waals surface area contributed by atoms with Crippen LogP contribution in [-0.4, -0.2) is 17.4 Å². The van der Waals surface area contributed by atoms with Gasteiger partial charge < -0.3 is 5.11 Å². The van der Waals surface area contributed by atoms with Gasteiger partial charge in [-0.1, -0.05) is 24.3 Å². The molecule has 0 radical (unpaired) electrons. The highest BCUT2D eigenvalue weighted by Crippen LogP contribution is 2.11. The zero-order valence-corrected chi connectivity index (χ0v) is 7.73. The van der Waals surface area contributed by atoms with Gasteiger partial charge in [-0.25, -0.2) is 4.79 Å². The van der Waals surface area contributed by atoms with Crippen LogP contribution in [0.5, 0.6) is 0 Å². The number of carboxylic acids is 1. The fourth-order valence-electron chi connectivity index (χ4n) is 1.04. The monoisotopic (exact) mass is 190 g/mol. The topological polar surface area (TPSA) is 54.4 Å². The second-order valence-corrected chi connectivity index (χ2v) is 2.88. The molecule has 1 aromatic rings. The van der Waals surface area contributed by atoms with E-state index in [9.17, 15) is 9.59 Å². The third-order valence-electron chi connectivity index (χ3n) is 1.83. The average molecular weight is 190 g/mol. The molecule has 0 saturated carbocycles. The van der Waals surface area contributed by atoms with Gasteiger partial charge in [0.15, 0.2) is 6.29 Å². The molecule has 0 bridgehead atoms. The molecule has 72 valence electrons. The summed E-state index contributed by atoms with van der Waals surface area (Å²) in [5.74, 6) is -0.981. The van der Waals surface area contributed by atoms with E-state index in [1.54, 1.807) is 24.3 Å². The Morgan fingerprint density at radius 3 is 2.36 bits per heavy atom. The van der Waals surface area contributed by atoms with E-state index in [2.05, 4.69) is 0 Å². The molecular formula is C11H10O3. The van der Waals surface area contributed by atoms with Gasteiger partial charge in [0, 0.05) is 11.1 Å². The Kier molecular flexibility index (Phi) is 3.18. The van der Waals surface area contributed by atoms with Crippen molar-refractivity contribution in [3.63, 3.8) is 0 Å². The number of hydrogen-bond donors (Lipinski definition) is 1. The van der Waals surface area contributed by atoms with Gasteiger partial charge in [-0.3, -0.25) is 4.79 Å². The molecular weight excluding hydrogens is 180 g/mol. The summed E-state index contributed by atoms with van der Waals surface area (Å²) in [7, 11) is 0. The Bertz CT molecular complexity index is 391. The highest BCUT2D eigenvalue weighted by molar-refractivity contribution is 5.93. The minimum absolute atomic E-state index is 0.208. The van der Waals surface area contributed by atoms with Crippen LogP contribution in [0.2, 0.25) is 0 Å². The van der Waals surface area contributed by atoms with Crippen molar-refractivity contribution in [3.8, 4) is 0 Å². The van der Waals surface area contributed by atoms with Crippen molar-refractivity contribution in [2.45, 2.75) is 6.92 Å². The summed E-state index contributed by atoms with van der Waals surface area (Å²) in [5.41, 5.74) is 1.33. The predicted molar refractivity (Wildman–Crippen MR) is 53.1 cm³/mol. The Balaban J connectivity index is 3.13. The van der Waals surface area contributed by atoms with Crippen molar-refractivity contribution in [3.05, 3.63) is 41.0 Å². The number of hydrogen-bond acceptors (Lipinski definition) is 2. The van der Waals surface area contributed by atoms with Crippen molar-refractivity contribution in [1.29, 1.82) is 0 Å². The summed E-state index contributed by atoms with van der Waals surface area (Å²) in [4.78, 5) is 21.1. The fourth-order valence-corrected chi connectivity index (χ4v) is 1.04. The normalized spacial score (nSPS) is 11.1. The standard InChI is InChI=1S/C11H10O3/c1-8(11(13)14)6-9-4-2-3-5-10(9)7-12/h2-7H,1H3,(H,13,14)/b8-6+. The van der Waals surface area contributed by atoms with Gasteiger partial charge in [-0.15, -0.1) is 0 Å². The summed E-state index contributed by atoms with van der Waals surface area (Å²) < 4.78 is 0. The molecule has 0 aliphatic carbocycles. The second-order valence-electron chi connectivity index (χ2n) is 2.88. The first kappa shape index (κ1) is 10.2. The van der Waals surface area contributed by atoms with E-state index in [1.807, 2.05) is 0 Å². The predicted octanol–water partition coefficient (Wildman–Crippen LogP) is 1.99. The first-order chi connectivity index (χ1) is 6.65. The SMILES string of the molecule is C/C(=C\c1ccccc1C=O)C(=O)O. The Labute approximate surface area is 81.7 Å². The second kappa shape index (κ2) is 4.37. The van der Waals surface area contributed by atoms with Crippen molar-refractivity contribution < 1.29 is 14.7 Å². The molecule has 0 saturated heterocycles. The number of aliphatic carboxylic acids is 1. The molecule has 0 unspecified atom stereocenters. The number of benzene rings is 1. The summed E-state index contributed by atoms with van der Waals surface area (Å²) in [6.45, 7) is 1.49. The van der Waals surface area contributed by atoms with Crippen LogP contribution in [0.1, 0.15) is 22.8 Å². The van der Waals surface area contributed by atoms with E-state index in [-0.39, 0.29) is 5.57 Å². The fraction of sp³-hybridized carbons (Fsp3) is 0.0909. The van der Waals surface area contributed by atoms with Crippen molar-refractivity contribution >= 4 is 18.3 Å². The molecule has 0 atom stereocenters. The molecule has 3 nitrogen and oxygen atoms in total. The van der Waals surface area contributed by atoms with Crippen LogP contribution >= 0.6 is 0 Å². The third kappa shape index (κ3) is 2.29. The molecule has 0 heterocycles. The van der Waals surface area contributed by atoms with Crippen LogP contribution in [-0.2, 0) is 4.79 Å². The van der Waals surface area contributed by atoms with E-state index in [0.29, 0.717) is 17.4 Å². The van der Waals surface area contributed by atoms with E-state index in [0.717, 1.165) is 0 Å². The molecule has 0 spiro atoms. The molecule has 1 N–H and O–H groups in total. The summed E-state index contributed by atoms with van der Waals surface area (Å²) in [6, 6.07) is 6.84. The smallest absolute Gasteiger partial charge is 0.331 e. The Morgan fingerprint density at radius 2 is 1.86 bits per heavy atom. The number of aldehydes is 1. The van der Waals surface area contributed by atoms with E-state index in [1.165, 1.54) is 13.0 Å². The first-order valence-electron chi connectivity index (χ1n) is 4.11. The number of rotatable bonds is 3. The maximum atomic E-state index is 10.6. The van der Waals surface area contributed by atoms with Crippen LogP contribution in [0.3, 0.4) is 0 Å². The molecule has 0 amide bonds. The van der Waals surface area contributed by atoms with Crippen LogP contribution in [0, 0.1) is 0 Å². The molecule has 3 heteroatoms. The summed E-state index contributed by atoms with van der Waals surface area (Å²) >= 11 is 0. The number of carbonyl (C=O) groups is 2. The molecule has 0 aromatic heterocycles. The van der Waals surface area contributed by atoms with Gasteiger partial charge in [-0.05, 0) is 18.6 Å². The maximum absolute atomic E-state index is 10.6. The Morgan fingerprint density at radius 1 is 1.29 bits per heavy atom. The van der Waals surface area contributed by atoms with Crippen LogP contribution in [0.4, 0.5) is 0 Å². The lowest BCUT2D eigenvalue weighted by Gasteiger charge is -1.98. The van der Waals surface area contributed by atoms with Gasteiger partial charge in [0.2, 0.25) is 0 Å². The van der Waals surface area contributed by atoms with Gasteiger partial charge in [0.1, 0.15) is 0 Å². The van der Waals surface area contributed by atoms with Crippen LogP contribution in [0.25, 0.3) is 6.08 Å². The number of carboxylic acid groups (broad SMARTS) is 1. The molecule has 1 rings (SSSR count). The quantitative estimate of drug-likeness (QED) is 0.585. The molecule has 14 heavy (non-hydrogen) atoms. The lowest BCUT2D eigenvalue weighted by molar-refractivity contribution is -0.132. The Hall–Kier alpha value is -1.90. The van der Waals surface area contributed by atoms with E-state index < -0.39 is 5.97 Å². The first-order valence-corrected chi connectivity index (χ1v) is 4.11. The van der Waals surface area contributed by atoms with Crippen LogP contribution in [0.15, 0.2) is 29.8 Å². The summed E-state index contributed by atoms with van der Waals surface area (Å²) in [5, 5.41) is 8.65. The van der Waals surface area contributed by atoms with Gasteiger partial charge in [0.25, 0.3) is 0 Å². The highest BCUT2D eigenvalue weighted by Gasteiger charge is 2.02. The lowest BCUT2D eigenvalue weighted by Crippen LogP contribution is -1.96. The maximum Gasteiger partial charge on any atom is 0.331 e. The third-order valence-corrected chi connectivity index (χ3v) is 1.83. The zero-order valence-electron chi connectivity index (χ0n) is 7.73. The molecule has 0 fully saturated rings. The van der Waals surface area contributed by atoms with Gasteiger partial charge in [-0.2, -0.15) is 0 Å². The minimum Gasteiger partial charge on any atom is -0.478 e. The number of carbonyl (C=O) groups excluding carboxylic acids is 1. The highest BCUT2D eigenvalue weighted by atomic mass is 16.4. The van der Waals surface area contributed by atoms with Crippen molar-refractivity contribution in [1.82, 2.24) is 0 Å². The van der Waals surface area contributed by atoms with E-state index in [4.69, 9.17) is 5.11 Å². The minimum atomic E-state index is -0.981. The van der Waals surface area contributed by atoms with Crippen molar-refractivity contribution in [2.75, 3.05) is 0 Å². The van der Waals surface area contributed by atoms with Crippen LogP contribution < -0.4 is 0 Å². The molecule has 1 aromatic carbocycles. The molecule has 0 aliphatic rings. The van der Waals surface area contributed by atoms with Gasteiger partial charge >= 0.3 is 5.97 Å². The zero-order chi connectivity index (χ0) is 10.6.